The minimum Gasteiger partial charge on any atom is -0.495 e. The number of hydrogen-bond donors (Lipinski definition) is 0. The number of benzene rings is 1. The first-order chi connectivity index (χ1) is 15.1. The summed E-state index contributed by atoms with van der Waals surface area (Å²) in [4.78, 5) is 10.4. The Morgan fingerprint density at radius 2 is 2.13 bits per heavy atom. The van der Waals surface area contributed by atoms with Crippen LogP contribution in [0.3, 0.4) is 0 Å². The molecular formula is C23H22ClN5OS. The van der Waals surface area contributed by atoms with Gasteiger partial charge in [0.2, 0.25) is 0 Å². The molecule has 8 heteroatoms. The van der Waals surface area contributed by atoms with E-state index in [2.05, 4.69) is 17.1 Å². The molecule has 1 atom stereocenters. The van der Waals surface area contributed by atoms with Gasteiger partial charge in [0, 0.05) is 17.6 Å². The molecule has 3 aromatic heterocycles. The summed E-state index contributed by atoms with van der Waals surface area (Å²) in [5.74, 6) is 2.79. The zero-order chi connectivity index (χ0) is 21.4. The summed E-state index contributed by atoms with van der Waals surface area (Å²) < 4.78 is 10.4. The first-order valence-corrected chi connectivity index (χ1v) is 11.4. The fourth-order valence-corrected chi connectivity index (χ4v) is 5.15. The van der Waals surface area contributed by atoms with Crippen LogP contribution >= 0.6 is 22.9 Å². The molecule has 0 bridgehead atoms. The van der Waals surface area contributed by atoms with Gasteiger partial charge < -0.3 is 9.30 Å². The number of aromatic nitrogens is 5. The second-order valence-corrected chi connectivity index (χ2v) is 9.32. The number of imidazole rings is 1. The van der Waals surface area contributed by atoms with Crippen LogP contribution in [0.5, 0.6) is 5.75 Å². The molecule has 1 aliphatic heterocycles. The smallest absolute Gasteiger partial charge is 0.174 e. The molecule has 1 aromatic carbocycles. The SMILES string of the molecule is COc1cc(C=Cc2nc3n(n2)CCC[C@@H]3c2ccc(Cl)s2)ccc1-n1cnc(C)c1. The number of thiophene rings is 1. The molecule has 0 aliphatic carbocycles. The summed E-state index contributed by atoms with van der Waals surface area (Å²) in [6, 6.07) is 10.2. The van der Waals surface area contributed by atoms with Crippen molar-refractivity contribution in [2.75, 3.05) is 7.11 Å². The van der Waals surface area contributed by atoms with E-state index < -0.39 is 0 Å². The number of hydrogen-bond acceptors (Lipinski definition) is 5. The van der Waals surface area contributed by atoms with Gasteiger partial charge in [-0.3, -0.25) is 0 Å². The molecule has 4 aromatic rings. The molecule has 0 amide bonds. The minimum atomic E-state index is 0.263. The van der Waals surface area contributed by atoms with Crippen LogP contribution in [0.15, 0.2) is 42.9 Å². The van der Waals surface area contributed by atoms with Gasteiger partial charge in [-0.25, -0.2) is 14.6 Å². The van der Waals surface area contributed by atoms with Crippen molar-refractivity contribution < 1.29 is 4.74 Å². The molecular weight excluding hydrogens is 430 g/mol. The third-order valence-corrected chi connectivity index (χ3v) is 6.79. The second-order valence-electron chi connectivity index (χ2n) is 7.57. The highest BCUT2D eigenvalue weighted by molar-refractivity contribution is 7.16. The Labute approximate surface area is 189 Å². The van der Waals surface area contributed by atoms with Crippen LogP contribution < -0.4 is 4.74 Å². The van der Waals surface area contributed by atoms with Gasteiger partial charge >= 0.3 is 0 Å². The second kappa shape index (κ2) is 8.32. The summed E-state index contributed by atoms with van der Waals surface area (Å²) in [5, 5.41) is 4.71. The van der Waals surface area contributed by atoms with E-state index in [1.165, 1.54) is 4.88 Å². The number of fused-ring (bicyclic) bond motifs is 1. The van der Waals surface area contributed by atoms with E-state index >= 15 is 0 Å². The fraction of sp³-hybridized carbons (Fsp3) is 0.261. The van der Waals surface area contributed by atoms with Crippen molar-refractivity contribution in [3.8, 4) is 11.4 Å². The Morgan fingerprint density at radius 1 is 1.23 bits per heavy atom. The summed E-state index contributed by atoms with van der Waals surface area (Å²) in [6.45, 7) is 2.87. The number of rotatable bonds is 5. The standard InChI is InChI=1S/C23H22ClN5OS/c1-15-13-28(14-25-15)18-7-5-16(12-19(18)30-2)6-10-22-26-23-17(4-3-11-29(23)27-22)20-8-9-21(24)31-20/h5-10,12-14,17H,3-4,11H2,1-2H3/t17-/m1/s1. The van der Waals surface area contributed by atoms with Gasteiger partial charge in [-0.05, 0) is 55.7 Å². The van der Waals surface area contributed by atoms with E-state index in [4.69, 9.17) is 26.4 Å². The average molecular weight is 452 g/mol. The van der Waals surface area contributed by atoms with E-state index in [9.17, 15) is 0 Å². The van der Waals surface area contributed by atoms with Crippen molar-refractivity contribution in [1.29, 1.82) is 0 Å². The number of ether oxygens (including phenoxy) is 1. The van der Waals surface area contributed by atoms with Crippen LogP contribution in [0.1, 0.15) is 46.5 Å². The quantitative estimate of drug-likeness (QED) is 0.396. The summed E-state index contributed by atoms with van der Waals surface area (Å²) >= 11 is 7.78. The van der Waals surface area contributed by atoms with Crippen LogP contribution in [-0.4, -0.2) is 31.4 Å². The van der Waals surface area contributed by atoms with Gasteiger partial charge in [-0.1, -0.05) is 23.7 Å². The number of aryl methyl sites for hydroxylation is 2. The van der Waals surface area contributed by atoms with Crippen molar-refractivity contribution in [3.63, 3.8) is 0 Å². The molecule has 0 radical (unpaired) electrons. The highest BCUT2D eigenvalue weighted by atomic mass is 35.5. The molecule has 31 heavy (non-hydrogen) atoms. The topological polar surface area (TPSA) is 57.8 Å². The Bertz CT molecular complexity index is 1250. The molecule has 1 aliphatic rings. The normalized spacial score (nSPS) is 16.0. The lowest BCUT2D eigenvalue weighted by molar-refractivity contribution is 0.413. The zero-order valence-electron chi connectivity index (χ0n) is 17.3. The van der Waals surface area contributed by atoms with Gasteiger partial charge in [0.25, 0.3) is 0 Å². The maximum atomic E-state index is 6.15. The van der Waals surface area contributed by atoms with Crippen LogP contribution in [0, 0.1) is 6.92 Å². The van der Waals surface area contributed by atoms with Gasteiger partial charge in [-0.15, -0.1) is 11.3 Å². The van der Waals surface area contributed by atoms with Crippen molar-refractivity contribution in [2.24, 2.45) is 0 Å². The Balaban J connectivity index is 1.40. The van der Waals surface area contributed by atoms with Gasteiger partial charge in [0.05, 0.1) is 35.1 Å². The van der Waals surface area contributed by atoms with Crippen LogP contribution in [-0.2, 0) is 6.54 Å². The summed E-state index contributed by atoms with van der Waals surface area (Å²) in [7, 11) is 1.68. The molecule has 158 valence electrons. The molecule has 0 unspecified atom stereocenters. The molecule has 0 fully saturated rings. The van der Waals surface area contributed by atoms with E-state index in [1.54, 1.807) is 24.8 Å². The first-order valence-electron chi connectivity index (χ1n) is 10.2. The molecule has 6 nitrogen and oxygen atoms in total. The van der Waals surface area contributed by atoms with E-state index in [1.807, 2.05) is 52.7 Å². The van der Waals surface area contributed by atoms with Crippen LogP contribution in [0.25, 0.3) is 17.8 Å². The van der Waals surface area contributed by atoms with E-state index in [0.29, 0.717) is 0 Å². The van der Waals surface area contributed by atoms with Gasteiger partial charge in [0.1, 0.15) is 11.6 Å². The van der Waals surface area contributed by atoms with E-state index in [-0.39, 0.29) is 5.92 Å². The third kappa shape index (κ3) is 4.03. The van der Waals surface area contributed by atoms with Crippen molar-refractivity contribution >= 4 is 35.1 Å². The lowest BCUT2D eigenvalue weighted by Crippen LogP contribution is -2.17. The highest BCUT2D eigenvalue weighted by Gasteiger charge is 2.26. The predicted octanol–water partition coefficient (Wildman–Crippen LogP) is 5.59. The molecule has 0 saturated carbocycles. The summed E-state index contributed by atoms with van der Waals surface area (Å²) in [5.41, 5.74) is 2.93. The van der Waals surface area contributed by atoms with E-state index in [0.717, 1.165) is 58.1 Å². The summed E-state index contributed by atoms with van der Waals surface area (Å²) in [6.07, 6.45) is 9.91. The monoisotopic (exact) mass is 451 g/mol. The number of halogens is 1. The van der Waals surface area contributed by atoms with Crippen LogP contribution in [0.2, 0.25) is 4.34 Å². The van der Waals surface area contributed by atoms with Crippen molar-refractivity contribution in [2.45, 2.75) is 32.2 Å². The zero-order valence-corrected chi connectivity index (χ0v) is 18.9. The number of methoxy groups -OCH3 is 1. The van der Waals surface area contributed by atoms with Gasteiger partial charge in [-0.2, -0.15) is 5.10 Å². The van der Waals surface area contributed by atoms with Crippen molar-refractivity contribution in [3.05, 3.63) is 75.0 Å². The first kappa shape index (κ1) is 20.0. The maximum Gasteiger partial charge on any atom is 0.174 e. The molecule has 0 spiro atoms. The number of nitrogens with zero attached hydrogens (tertiary/aromatic N) is 5. The largest absolute Gasteiger partial charge is 0.495 e. The average Bonchev–Trinajstić information content (AvgIpc) is 3.51. The minimum absolute atomic E-state index is 0.263. The van der Waals surface area contributed by atoms with Gasteiger partial charge in [0.15, 0.2) is 5.82 Å². The molecule has 4 heterocycles. The predicted molar refractivity (Wildman–Crippen MR) is 124 cm³/mol. The lowest BCUT2D eigenvalue weighted by Gasteiger charge is -2.20. The Morgan fingerprint density at radius 3 is 2.87 bits per heavy atom. The maximum absolute atomic E-state index is 6.15. The Hall–Kier alpha value is -2.90. The molecule has 0 N–H and O–H groups in total. The third-order valence-electron chi connectivity index (χ3n) is 5.45. The molecule has 0 saturated heterocycles. The molecule has 5 rings (SSSR count). The Kier molecular flexibility index (Phi) is 5.38. The van der Waals surface area contributed by atoms with Crippen molar-refractivity contribution in [1.82, 2.24) is 24.3 Å². The highest BCUT2D eigenvalue weighted by Crippen LogP contribution is 2.37. The van der Waals surface area contributed by atoms with Crippen LogP contribution in [0.4, 0.5) is 0 Å². The fourth-order valence-electron chi connectivity index (χ4n) is 3.96. The lowest BCUT2D eigenvalue weighted by atomic mass is 9.97.